The topological polar surface area (TPSA) is 34.3 Å². The second kappa shape index (κ2) is 5.97. The first kappa shape index (κ1) is 15.7. The summed E-state index contributed by atoms with van der Waals surface area (Å²) in [6.45, 7) is 4.50. The second-order valence-corrected chi connectivity index (χ2v) is 5.50. The predicted molar refractivity (Wildman–Crippen MR) is 85.0 cm³/mol. The number of benzene rings is 2. The smallest absolute Gasteiger partial charge is 0 e. The van der Waals surface area contributed by atoms with Gasteiger partial charge in [0.1, 0.15) is 0 Å². The Morgan fingerprint density at radius 2 is 1.90 bits per heavy atom. The van der Waals surface area contributed by atoms with E-state index in [1.807, 2.05) is 0 Å². The maximum Gasteiger partial charge on any atom is 0 e. The van der Waals surface area contributed by atoms with E-state index >= 15 is 0 Å². The van der Waals surface area contributed by atoms with E-state index in [1.54, 1.807) is 12.3 Å². The average Bonchev–Trinajstić information content (AvgIpc) is 2.69. The van der Waals surface area contributed by atoms with Gasteiger partial charge in [-0.15, -0.1) is 17.2 Å². The minimum Gasteiger partial charge on any atom is -0.811 e. The quantitative estimate of drug-likeness (QED) is 0.545. The Morgan fingerprint density at radius 3 is 2.67 bits per heavy atom. The van der Waals surface area contributed by atoms with Gasteiger partial charge in [-0.3, -0.25) is 0 Å². The number of fused-ring (bicyclic) bond motifs is 3. The van der Waals surface area contributed by atoms with Crippen molar-refractivity contribution in [3.8, 4) is 11.1 Å². The van der Waals surface area contributed by atoms with Crippen molar-refractivity contribution >= 4 is 11.9 Å². The van der Waals surface area contributed by atoms with Gasteiger partial charge in [-0.25, -0.2) is 0 Å². The molecule has 0 spiro atoms. The summed E-state index contributed by atoms with van der Waals surface area (Å²) in [6, 6.07) is 16.0. The molecule has 0 atom stereocenters. The Labute approximate surface area is 139 Å². The molecule has 21 heavy (non-hydrogen) atoms. The molecule has 0 bridgehead atoms. The van der Waals surface area contributed by atoms with Crippen LogP contribution in [0.5, 0.6) is 0 Å². The number of rotatable bonds is 3. The molecule has 3 heteroatoms. The molecule has 0 saturated heterocycles. The summed E-state index contributed by atoms with van der Waals surface area (Å²) >= 11 is 0. The van der Waals surface area contributed by atoms with Crippen molar-refractivity contribution in [2.45, 2.75) is 19.3 Å². The van der Waals surface area contributed by atoms with Crippen LogP contribution in [0.4, 0.5) is 5.69 Å². The molecule has 0 saturated carbocycles. The van der Waals surface area contributed by atoms with Crippen LogP contribution in [0.2, 0.25) is 0 Å². The third-order valence-electron chi connectivity index (χ3n) is 3.94. The molecular formula is C18H16IrN2-2. The van der Waals surface area contributed by atoms with E-state index in [9.17, 15) is 0 Å². The third kappa shape index (κ3) is 2.59. The summed E-state index contributed by atoms with van der Waals surface area (Å²) in [5.41, 5.74) is 6.14. The summed E-state index contributed by atoms with van der Waals surface area (Å²) < 4.78 is 0. The fourth-order valence-corrected chi connectivity index (χ4v) is 2.90. The van der Waals surface area contributed by atoms with Gasteiger partial charge in [-0.2, -0.15) is 18.3 Å². The minimum atomic E-state index is 0. The Hall–Kier alpha value is -1.70. The largest absolute Gasteiger partial charge is 0.811 e. The second-order valence-electron chi connectivity index (χ2n) is 5.50. The van der Waals surface area contributed by atoms with Crippen LogP contribution in [0.1, 0.15) is 25.0 Å². The fourth-order valence-electron chi connectivity index (χ4n) is 2.90. The van der Waals surface area contributed by atoms with Crippen LogP contribution in [0.3, 0.4) is 0 Å². The van der Waals surface area contributed by atoms with Gasteiger partial charge in [-0.05, 0) is 22.7 Å². The van der Waals surface area contributed by atoms with Crippen LogP contribution in [0.25, 0.3) is 16.5 Å². The van der Waals surface area contributed by atoms with Gasteiger partial charge in [0, 0.05) is 20.1 Å². The molecule has 0 heterocycles. The van der Waals surface area contributed by atoms with Crippen molar-refractivity contribution in [1.29, 1.82) is 0 Å². The molecule has 1 aliphatic carbocycles. The Morgan fingerprint density at radius 1 is 1.14 bits per heavy atom. The number of hydrogen-bond acceptors (Lipinski definition) is 1. The molecule has 2 nitrogen and oxygen atoms in total. The Bertz CT molecular complexity index is 702. The monoisotopic (exact) mass is 453 g/mol. The molecule has 0 aliphatic heterocycles. The van der Waals surface area contributed by atoms with E-state index in [1.165, 1.54) is 22.3 Å². The molecule has 0 fully saturated rings. The molecule has 3 rings (SSSR count). The maximum atomic E-state index is 8.64. The van der Waals surface area contributed by atoms with Crippen LogP contribution in [0, 0.1) is 6.07 Å². The van der Waals surface area contributed by atoms with Gasteiger partial charge < -0.3 is 10.7 Å². The van der Waals surface area contributed by atoms with Crippen LogP contribution in [-0.2, 0) is 25.5 Å². The number of nitrogens with zero attached hydrogens (tertiary/aromatic N) is 1. The summed E-state index contributed by atoms with van der Waals surface area (Å²) in [5, 5.41) is 11.7. The Kier molecular flexibility index (Phi) is 4.46. The number of allylic oxidation sites excluding steroid dienone is 1. The van der Waals surface area contributed by atoms with Gasteiger partial charge in [-0.1, -0.05) is 49.9 Å². The van der Waals surface area contributed by atoms with E-state index in [4.69, 9.17) is 5.41 Å². The minimum absolute atomic E-state index is 0. The van der Waals surface area contributed by atoms with E-state index in [2.05, 4.69) is 61.6 Å². The first-order valence-electron chi connectivity index (χ1n) is 6.70. The number of nitrogens with one attached hydrogen (secondary N) is 1. The van der Waals surface area contributed by atoms with Gasteiger partial charge in [0.15, 0.2) is 0 Å². The van der Waals surface area contributed by atoms with Gasteiger partial charge in [0.2, 0.25) is 0 Å². The van der Waals surface area contributed by atoms with E-state index in [0.717, 1.165) is 11.9 Å². The zero-order valence-electron chi connectivity index (χ0n) is 12.0. The molecule has 2 aromatic rings. The predicted octanol–water partition coefficient (Wildman–Crippen LogP) is 4.36. The number of hydrogen-bond donors (Lipinski definition) is 1. The molecule has 109 valence electrons. The molecule has 0 aromatic heterocycles. The van der Waals surface area contributed by atoms with Gasteiger partial charge in [0.05, 0.1) is 0 Å². The van der Waals surface area contributed by atoms with Crippen LogP contribution >= 0.6 is 0 Å². The summed E-state index contributed by atoms with van der Waals surface area (Å²) in [7, 11) is 0. The van der Waals surface area contributed by atoms with Crippen LogP contribution < -0.4 is 5.32 Å². The Balaban J connectivity index is 0.00000161. The zero-order chi connectivity index (χ0) is 14.2. The first-order valence-corrected chi connectivity index (χ1v) is 6.70. The van der Waals surface area contributed by atoms with Crippen molar-refractivity contribution in [2.24, 2.45) is 0 Å². The first-order chi connectivity index (χ1) is 9.64. The fraction of sp³-hybridized carbons (Fsp3) is 0.167. The molecular weight excluding hydrogens is 436 g/mol. The maximum absolute atomic E-state index is 8.64. The van der Waals surface area contributed by atoms with Crippen LogP contribution in [0.15, 0.2) is 48.7 Å². The van der Waals surface area contributed by atoms with Crippen molar-refractivity contribution in [2.75, 3.05) is 5.32 Å². The summed E-state index contributed by atoms with van der Waals surface area (Å²) in [4.78, 5) is 0. The molecule has 0 unspecified atom stereocenters. The molecule has 1 radical (unpaired) electrons. The number of anilines is 1. The van der Waals surface area contributed by atoms with E-state index in [-0.39, 0.29) is 25.5 Å². The molecule has 1 N–H and O–H groups in total. The molecule has 1 aliphatic rings. The van der Waals surface area contributed by atoms with Crippen LogP contribution in [-0.4, -0.2) is 6.21 Å². The molecule has 2 aromatic carbocycles. The zero-order valence-corrected chi connectivity index (χ0v) is 14.4. The van der Waals surface area contributed by atoms with E-state index < -0.39 is 0 Å². The summed E-state index contributed by atoms with van der Waals surface area (Å²) in [5.74, 6) is 0. The summed E-state index contributed by atoms with van der Waals surface area (Å²) in [6.07, 6.45) is 4.22. The SMILES string of the molecule is CC1(C)c2c[c-]c(N/C=C\C=[N-])cc2-c2ccccc21.[Ir]. The standard InChI is InChI=1S/C18H16N2.Ir/c1-18(2)16-7-4-3-6-14(16)15-12-13(8-9-17(15)18)20-11-5-10-19;/h3-7,9-12,20H,1-2H3;/q-2;/b11-5-;. The van der Waals surface area contributed by atoms with Crippen molar-refractivity contribution in [1.82, 2.24) is 0 Å². The van der Waals surface area contributed by atoms with Crippen molar-refractivity contribution < 1.29 is 20.1 Å². The van der Waals surface area contributed by atoms with Gasteiger partial charge in [0.25, 0.3) is 0 Å². The van der Waals surface area contributed by atoms with Crippen molar-refractivity contribution in [3.63, 3.8) is 0 Å². The van der Waals surface area contributed by atoms with E-state index in [0.29, 0.717) is 0 Å². The average molecular weight is 453 g/mol. The normalized spacial score (nSPS) is 14.2. The van der Waals surface area contributed by atoms with Gasteiger partial charge >= 0.3 is 0 Å². The third-order valence-corrected chi connectivity index (χ3v) is 3.94. The molecule has 0 amide bonds. The van der Waals surface area contributed by atoms with Crippen molar-refractivity contribution in [3.05, 3.63) is 71.3 Å².